The number of Topliss-reactive ketones (excluding diaryl/α,β-unsaturated/α-hetero) is 1. The molecular weight excluding hydrogens is 309 g/mol. The minimum atomic E-state index is -0.643. The number of unbranched alkanes of at least 4 members (excludes halogenated alkanes) is 1. The van der Waals surface area contributed by atoms with Crippen molar-refractivity contribution in [2.24, 2.45) is 11.3 Å². The van der Waals surface area contributed by atoms with Gasteiger partial charge in [-0.05, 0) is 31.0 Å². The summed E-state index contributed by atoms with van der Waals surface area (Å²) in [5.41, 5.74) is 0.174. The molecule has 4 nitrogen and oxygen atoms in total. The van der Waals surface area contributed by atoms with E-state index in [0.29, 0.717) is 12.0 Å². The van der Waals surface area contributed by atoms with E-state index >= 15 is 0 Å². The molecule has 0 fully saturated rings. The van der Waals surface area contributed by atoms with Crippen LogP contribution in [0.1, 0.15) is 62.9 Å². The highest BCUT2D eigenvalue weighted by atomic mass is 19.1. The van der Waals surface area contributed by atoms with Crippen molar-refractivity contribution in [3.8, 4) is 0 Å². The van der Waals surface area contributed by atoms with E-state index in [1.54, 1.807) is 33.8 Å². The Morgan fingerprint density at radius 1 is 1.29 bits per heavy atom. The van der Waals surface area contributed by atoms with E-state index in [1.165, 1.54) is 0 Å². The summed E-state index contributed by atoms with van der Waals surface area (Å²) in [4.78, 5) is 24.5. The molecule has 0 saturated heterocycles. The molecule has 0 aliphatic heterocycles. The van der Waals surface area contributed by atoms with Crippen LogP contribution in [0.3, 0.4) is 0 Å². The molecule has 0 aliphatic rings. The van der Waals surface area contributed by atoms with E-state index in [0.717, 1.165) is 18.9 Å². The van der Waals surface area contributed by atoms with E-state index in [4.69, 9.17) is 0 Å². The molecule has 1 amide bonds. The second-order valence-corrected chi connectivity index (χ2v) is 7.24. The van der Waals surface area contributed by atoms with Gasteiger partial charge in [0.05, 0.1) is 12.3 Å². The second-order valence-electron chi connectivity index (χ2n) is 7.24. The molecule has 0 spiro atoms. The van der Waals surface area contributed by atoms with Gasteiger partial charge in [0.15, 0.2) is 5.78 Å². The highest BCUT2D eigenvalue weighted by molar-refractivity contribution is 6.00. The number of hydrogen-bond acceptors (Lipinski definition) is 3. The molecule has 1 aromatic carbocycles. The highest BCUT2D eigenvalue weighted by Gasteiger charge is 2.25. The molecule has 0 aliphatic carbocycles. The number of amides is 1. The van der Waals surface area contributed by atoms with Crippen LogP contribution in [-0.4, -0.2) is 23.4 Å². The van der Waals surface area contributed by atoms with E-state index in [2.05, 4.69) is 5.32 Å². The smallest absolute Gasteiger partial charge is 0.229 e. The first-order chi connectivity index (χ1) is 11.1. The maximum absolute atomic E-state index is 14.4. The van der Waals surface area contributed by atoms with Gasteiger partial charge in [-0.25, -0.2) is 4.39 Å². The number of hydrogen-bond donors (Lipinski definition) is 2. The van der Waals surface area contributed by atoms with Crippen LogP contribution in [0, 0.1) is 24.1 Å². The van der Waals surface area contributed by atoms with Gasteiger partial charge in [0.2, 0.25) is 5.91 Å². The van der Waals surface area contributed by atoms with Gasteiger partial charge in [-0.15, -0.1) is 0 Å². The standard InChI is InChI=1S/C19H28FNO3/c1-6-7-8-13(11-22)17(23)14-9-12(2)16(15(20)10-14)21-18(24)19(3,4)5/h9-10,13,22H,6-8,11H2,1-5H3,(H,21,24). The molecule has 1 aromatic rings. The molecule has 1 atom stereocenters. The number of aliphatic hydroxyl groups is 1. The zero-order chi connectivity index (χ0) is 18.5. The summed E-state index contributed by atoms with van der Waals surface area (Å²) in [7, 11) is 0. The van der Waals surface area contributed by atoms with Crippen molar-refractivity contribution in [3.05, 3.63) is 29.1 Å². The minimum Gasteiger partial charge on any atom is -0.396 e. The molecule has 1 rings (SSSR count). The fourth-order valence-corrected chi connectivity index (χ4v) is 2.34. The molecule has 0 radical (unpaired) electrons. The normalized spacial score (nSPS) is 12.8. The molecule has 0 aromatic heterocycles. The Balaban J connectivity index is 3.06. The Morgan fingerprint density at radius 2 is 1.92 bits per heavy atom. The Labute approximate surface area is 143 Å². The maximum Gasteiger partial charge on any atom is 0.229 e. The Bertz CT molecular complexity index is 582. The second kappa shape index (κ2) is 8.38. The van der Waals surface area contributed by atoms with Gasteiger partial charge in [-0.2, -0.15) is 0 Å². The van der Waals surface area contributed by atoms with Crippen molar-refractivity contribution in [1.82, 2.24) is 0 Å². The third-order valence-electron chi connectivity index (χ3n) is 3.99. The maximum atomic E-state index is 14.4. The lowest BCUT2D eigenvalue weighted by molar-refractivity contribution is -0.123. The summed E-state index contributed by atoms with van der Waals surface area (Å²) in [6.45, 7) is 8.64. The predicted molar refractivity (Wildman–Crippen MR) is 93.7 cm³/mol. The zero-order valence-corrected chi connectivity index (χ0v) is 15.2. The van der Waals surface area contributed by atoms with Crippen molar-refractivity contribution in [2.75, 3.05) is 11.9 Å². The van der Waals surface area contributed by atoms with Crippen LogP contribution in [0.15, 0.2) is 12.1 Å². The molecule has 2 N–H and O–H groups in total. The number of benzene rings is 1. The summed E-state index contributed by atoms with van der Waals surface area (Å²) in [5, 5.41) is 12.0. The lowest BCUT2D eigenvalue weighted by Gasteiger charge is -2.20. The lowest BCUT2D eigenvalue weighted by Crippen LogP contribution is -2.28. The lowest BCUT2D eigenvalue weighted by atomic mass is 9.92. The van der Waals surface area contributed by atoms with Crippen LogP contribution in [0.5, 0.6) is 0 Å². The zero-order valence-electron chi connectivity index (χ0n) is 15.2. The van der Waals surface area contributed by atoms with Crippen LogP contribution in [0.2, 0.25) is 0 Å². The highest BCUT2D eigenvalue weighted by Crippen LogP contribution is 2.26. The SMILES string of the molecule is CCCCC(CO)C(=O)c1cc(C)c(NC(=O)C(C)(C)C)c(F)c1. The summed E-state index contributed by atoms with van der Waals surface area (Å²) in [6.07, 6.45) is 2.34. The van der Waals surface area contributed by atoms with Crippen LogP contribution < -0.4 is 5.32 Å². The molecule has 134 valence electrons. The average Bonchev–Trinajstić information content (AvgIpc) is 2.49. The van der Waals surface area contributed by atoms with Crippen molar-refractivity contribution in [3.63, 3.8) is 0 Å². The van der Waals surface area contributed by atoms with Crippen LogP contribution in [0.25, 0.3) is 0 Å². The number of anilines is 1. The van der Waals surface area contributed by atoms with Crippen molar-refractivity contribution in [2.45, 2.75) is 53.9 Å². The molecule has 0 heterocycles. The van der Waals surface area contributed by atoms with Crippen molar-refractivity contribution in [1.29, 1.82) is 0 Å². The molecule has 0 saturated carbocycles. The van der Waals surface area contributed by atoms with Gasteiger partial charge < -0.3 is 10.4 Å². The van der Waals surface area contributed by atoms with E-state index in [9.17, 15) is 19.1 Å². The van der Waals surface area contributed by atoms with E-state index < -0.39 is 17.2 Å². The number of halogens is 1. The van der Waals surface area contributed by atoms with Gasteiger partial charge in [0.25, 0.3) is 0 Å². The topological polar surface area (TPSA) is 66.4 Å². The minimum absolute atomic E-state index is 0.0978. The molecular formula is C19H28FNO3. The number of aliphatic hydroxyl groups excluding tert-OH is 1. The summed E-state index contributed by atoms with van der Waals surface area (Å²) < 4.78 is 14.4. The van der Waals surface area contributed by atoms with Crippen LogP contribution >= 0.6 is 0 Å². The molecule has 5 heteroatoms. The number of carbonyl (C=O) groups is 2. The summed E-state index contributed by atoms with van der Waals surface area (Å²) in [6, 6.07) is 2.71. The van der Waals surface area contributed by atoms with Gasteiger partial charge >= 0.3 is 0 Å². The van der Waals surface area contributed by atoms with Crippen LogP contribution in [0.4, 0.5) is 10.1 Å². The van der Waals surface area contributed by atoms with Crippen molar-refractivity contribution < 1.29 is 19.1 Å². The van der Waals surface area contributed by atoms with Crippen LogP contribution in [-0.2, 0) is 4.79 Å². The third-order valence-corrected chi connectivity index (χ3v) is 3.99. The average molecular weight is 337 g/mol. The van der Waals surface area contributed by atoms with Gasteiger partial charge in [0.1, 0.15) is 5.82 Å². The largest absolute Gasteiger partial charge is 0.396 e. The number of aryl methyl sites for hydroxylation is 1. The van der Waals surface area contributed by atoms with Crippen molar-refractivity contribution >= 4 is 17.4 Å². The quantitative estimate of drug-likeness (QED) is 0.736. The fraction of sp³-hybridized carbons (Fsp3) is 0.579. The number of carbonyl (C=O) groups excluding carboxylic acids is 2. The molecule has 0 bridgehead atoms. The first kappa shape index (κ1) is 20.3. The molecule has 24 heavy (non-hydrogen) atoms. The third kappa shape index (κ3) is 5.13. The Hall–Kier alpha value is -1.75. The number of rotatable bonds is 7. The predicted octanol–water partition coefficient (Wildman–Crippen LogP) is 4.10. The molecule has 1 unspecified atom stereocenters. The summed E-state index contributed by atoms with van der Waals surface area (Å²) in [5.74, 6) is -1.71. The first-order valence-electron chi connectivity index (χ1n) is 8.38. The van der Waals surface area contributed by atoms with E-state index in [-0.39, 0.29) is 29.5 Å². The Kier molecular flexibility index (Phi) is 7.08. The van der Waals surface area contributed by atoms with Gasteiger partial charge in [-0.1, -0.05) is 40.5 Å². The van der Waals surface area contributed by atoms with E-state index in [1.807, 2.05) is 6.92 Å². The first-order valence-corrected chi connectivity index (χ1v) is 8.38. The summed E-state index contributed by atoms with van der Waals surface area (Å²) >= 11 is 0. The fourth-order valence-electron chi connectivity index (χ4n) is 2.34. The van der Waals surface area contributed by atoms with Gasteiger partial charge in [0, 0.05) is 16.9 Å². The van der Waals surface area contributed by atoms with Gasteiger partial charge in [-0.3, -0.25) is 9.59 Å². The number of nitrogens with one attached hydrogen (secondary N) is 1. The number of ketones is 1. The monoisotopic (exact) mass is 337 g/mol. The Morgan fingerprint density at radius 3 is 2.38 bits per heavy atom.